The number of anilines is 3. The molecule has 6 nitrogen and oxygen atoms in total. The third-order valence-electron chi connectivity index (χ3n) is 3.61. The van der Waals surface area contributed by atoms with E-state index in [1.165, 1.54) is 6.33 Å². The van der Waals surface area contributed by atoms with E-state index in [4.69, 9.17) is 22.1 Å². The van der Waals surface area contributed by atoms with Gasteiger partial charge in [0.1, 0.15) is 23.6 Å². The number of aryl methyl sites for hydroxylation is 3. The van der Waals surface area contributed by atoms with Crippen LogP contribution in [0.5, 0.6) is 11.6 Å². The Morgan fingerprint density at radius 1 is 1.08 bits per heavy atom. The molecule has 2 heterocycles. The summed E-state index contributed by atoms with van der Waals surface area (Å²) < 4.78 is 5.83. The number of hydrogen-bond donors (Lipinski definition) is 2. The molecule has 0 saturated carbocycles. The standard InChI is InChI=1S/C18H18ClN5O/c1-10-7-13(8-11(2)15(10)19)25-18-16(20)17(21-9-22-18)24-14-6-4-5-12(3)23-14/h4-9H,20H2,1-3H3,(H,21,22,23,24). The average Bonchev–Trinajstić information content (AvgIpc) is 2.56. The smallest absolute Gasteiger partial charge is 0.248 e. The fourth-order valence-electron chi connectivity index (χ4n) is 2.37. The first kappa shape index (κ1) is 17.0. The van der Waals surface area contributed by atoms with Gasteiger partial charge in [-0.1, -0.05) is 17.7 Å². The fourth-order valence-corrected chi connectivity index (χ4v) is 2.48. The number of aromatic nitrogens is 3. The largest absolute Gasteiger partial charge is 0.437 e. The third kappa shape index (κ3) is 3.80. The van der Waals surface area contributed by atoms with Gasteiger partial charge in [0.25, 0.3) is 0 Å². The lowest BCUT2D eigenvalue weighted by Gasteiger charge is -2.13. The number of nitrogens with one attached hydrogen (secondary N) is 1. The molecule has 0 spiro atoms. The molecular weight excluding hydrogens is 338 g/mol. The molecule has 0 aliphatic rings. The van der Waals surface area contributed by atoms with Crippen LogP contribution in [0.2, 0.25) is 5.02 Å². The lowest BCUT2D eigenvalue weighted by Crippen LogP contribution is -2.04. The van der Waals surface area contributed by atoms with E-state index in [-0.39, 0.29) is 5.88 Å². The SMILES string of the molecule is Cc1cccc(Nc2ncnc(Oc3cc(C)c(Cl)c(C)c3)c2N)n1. The predicted molar refractivity (Wildman–Crippen MR) is 99.7 cm³/mol. The van der Waals surface area contributed by atoms with Crippen molar-refractivity contribution in [2.24, 2.45) is 0 Å². The van der Waals surface area contributed by atoms with Crippen LogP contribution in [0.3, 0.4) is 0 Å². The number of hydrogen-bond acceptors (Lipinski definition) is 6. The van der Waals surface area contributed by atoms with Gasteiger partial charge in [-0.3, -0.25) is 0 Å². The molecule has 128 valence electrons. The summed E-state index contributed by atoms with van der Waals surface area (Å²) in [4.78, 5) is 12.7. The lowest BCUT2D eigenvalue weighted by molar-refractivity contribution is 0.464. The summed E-state index contributed by atoms with van der Waals surface area (Å²) in [6, 6.07) is 9.33. The van der Waals surface area contributed by atoms with Gasteiger partial charge >= 0.3 is 0 Å². The van der Waals surface area contributed by atoms with Crippen LogP contribution in [0.4, 0.5) is 17.3 Å². The van der Waals surface area contributed by atoms with Gasteiger partial charge in [0, 0.05) is 10.7 Å². The van der Waals surface area contributed by atoms with Crippen molar-refractivity contribution in [3.05, 3.63) is 58.5 Å². The highest BCUT2D eigenvalue weighted by molar-refractivity contribution is 6.32. The van der Waals surface area contributed by atoms with E-state index in [0.717, 1.165) is 21.8 Å². The van der Waals surface area contributed by atoms with Gasteiger partial charge in [-0.25, -0.2) is 9.97 Å². The van der Waals surface area contributed by atoms with Gasteiger partial charge in [0.2, 0.25) is 5.88 Å². The fraction of sp³-hybridized carbons (Fsp3) is 0.167. The first-order chi connectivity index (χ1) is 11.9. The minimum Gasteiger partial charge on any atom is -0.437 e. The van der Waals surface area contributed by atoms with Gasteiger partial charge in [-0.05, 0) is 56.2 Å². The van der Waals surface area contributed by atoms with E-state index in [1.54, 1.807) is 0 Å². The highest BCUT2D eigenvalue weighted by atomic mass is 35.5. The Hall–Kier alpha value is -2.86. The molecule has 7 heteroatoms. The van der Waals surface area contributed by atoms with Crippen LogP contribution in [0.25, 0.3) is 0 Å². The number of nitrogens with two attached hydrogens (primary N) is 1. The maximum atomic E-state index is 6.19. The number of nitrogens with zero attached hydrogens (tertiary/aromatic N) is 3. The molecule has 0 aliphatic heterocycles. The maximum absolute atomic E-state index is 6.19. The first-order valence-corrected chi connectivity index (χ1v) is 8.07. The van der Waals surface area contributed by atoms with Crippen LogP contribution in [-0.2, 0) is 0 Å². The summed E-state index contributed by atoms with van der Waals surface area (Å²) in [5, 5.41) is 3.80. The number of halogens is 1. The number of ether oxygens (including phenoxy) is 1. The molecule has 0 radical (unpaired) electrons. The van der Waals surface area contributed by atoms with E-state index in [0.29, 0.717) is 23.1 Å². The Labute approximate surface area is 151 Å². The summed E-state index contributed by atoms with van der Waals surface area (Å²) in [5.41, 5.74) is 9.19. The predicted octanol–water partition coefficient (Wildman–Crippen LogP) is 4.57. The van der Waals surface area contributed by atoms with E-state index in [9.17, 15) is 0 Å². The molecule has 3 aromatic rings. The molecule has 3 rings (SSSR count). The molecular formula is C18H18ClN5O. The minimum absolute atomic E-state index is 0.270. The number of benzene rings is 1. The van der Waals surface area contributed by atoms with Crippen molar-refractivity contribution in [1.82, 2.24) is 15.0 Å². The summed E-state index contributed by atoms with van der Waals surface area (Å²) >= 11 is 6.19. The Bertz CT molecular complexity index is 906. The Kier molecular flexibility index (Phi) is 4.72. The molecule has 0 aliphatic carbocycles. The van der Waals surface area contributed by atoms with Crippen LogP contribution < -0.4 is 15.8 Å². The minimum atomic E-state index is 0.270. The topological polar surface area (TPSA) is 86.0 Å². The van der Waals surface area contributed by atoms with E-state index >= 15 is 0 Å². The average molecular weight is 356 g/mol. The second-order valence-corrected chi connectivity index (χ2v) is 6.08. The number of rotatable bonds is 4. The summed E-state index contributed by atoms with van der Waals surface area (Å²) in [7, 11) is 0. The molecule has 0 amide bonds. The van der Waals surface area contributed by atoms with Gasteiger partial charge in [-0.15, -0.1) is 0 Å². The van der Waals surface area contributed by atoms with Gasteiger partial charge in [0.15, 0.2) is 5.82 Å². The van der Waals surface area contributed by atoms with E-state index in [2.05, 4.69) is 20.3 Å². The molecule has 0 bridgehead atoms. The van der Waals surface area contributed by atoms with Gasteiger partial charge in [-0.2, -0.15) is 4.98 Å². The molecule has 25 heavy (non-hydrogen) atoms. The molecule has 1 aromatic carbocycles. The lowest BCUT2D eigenvalue weighted by atomic mass is 10.1. The second-order valence-electron chi connectivity index (χ2n) is 5.70. The zero-order chi connectivity index (χ0) is 18.0. The molecule has 0 unspecified atom stereocenters. The van der Waals surface area contributed by atoms with Crippen molar-refractivity contribution in [3.63, 3.8) is 0 Å². The van der Waals surface area contributed by atoms with Gasteiger partial charge < -0.3 is 15.8 Å². The van der Waals surface area contributed by atoms with E-state index in [1.807, 2.05) is 51.1 Å². The third-order valence-corrected chi connectivity index (χ3v) is 4.20. The quantitative estimate of drug-likeness (QED) is 0.713. The van der Waals surface area contributed by atoms with Crippen molar-refractivity contribution in [2.75, 3.05) is 11.1 Å². The van der Waals surface area contributed by atoms with Crippen LogP contribution >= 0.6 is 11.6 Å². The zero-order valence-corrected chi connectivity index (χ0v) is 14.9. The van der Waals surface area contributed by atoms with Crippen molar-refractivity contribution in [1.29, 1.82) is 0 Å². The zero-order valence-electron chi connectivity index (χ0n) is 14.2. The Balaban J connectivity index is 1.88. The monoisotopic (exact) mass is 355 g/mol. The van der Waals surface area contributed by atoms with Crippen LogP contribution in [0.1, 0.15) is 16.8 Å². The second kappa shape index (κ2) is 6.94. The Morgan fingerprint density at radius 3 is 2.48 bits per heavy atom. The van der Waals surface area contributed by atoms with Crippen molar-refractivity contribution in [2.45, 2.75) is 20.8 Å². The van der Waals surface area contributed by atoms with E-state index < -0.39 is 0 Å². The van der Waals surface area contributed by atoms with Gasteiger partial charge in [0.05, 0.1) is 0 Å². The number of nitrogen functional groups attached to an aromatic ring is 1. The van der Waals surface area contributed by atoms with Crippen LogP contribution in [-0.4, -0.2) is 15.0 Å². The molecule has 2 aromatic heterocycles. The summed E-state index contributed by atoms with van der Waals surface area (Å²) in [6.45, 7) is 5.75. The van der Waals surface area contributed by atoms with Crippen molar-refractivity contribution < 1.29 is 4.74 Å². The van der Waals surface area contributed by atoms with Crippen LogP contribution in [0.15, 0.2) is 36.7 Å². The van der Waals surface area contributed by atoms with Crippen LogP contribution in [0, 0.1) is 20.8 Å². The highest BCUT2D eigenvalue weighted by Crippen LogP contribution is 2.33. The van der Waals surface area contributed by atoms with Crippen molar-refractivity contribution in [3.8, 4) is 11.6 Å². The van der Waals surface area contributed by atoms with Crippen molar-refractivity contribution >= 4 is 28.9 Å². The first-order valence-electron chi connectivity index (χ1n) is 7.70. The molecule has 0 saturated heterocycles. The normalized spacial score (nSPS) is 10.6. The Morgan fingerprint density at radius 2 is 1.80 bits per heavy atom. The molecule has 3 N–H and O–H groups in total. The molecule has 0 fully saturated rings. The summed E-state index contributed by atoms with van der Waals surface area (Å²) in [6.07, 6.45) is 1.39. The number of pyridine rings is 1. The highest BCUT2D eigenvalue weighted by Gasteiger charge is 2.12. The maximum Gasteiger partial charge on any atom is 0.248 e. The molecule has 0 atom stereocenters. The summed E-state index contributed by atoms with van der Waals surface area (Å²) in [5.74, 6) is 1.97.